The summed E-state index contributed by atoms with van der Waals surface area (Å²) in [5.41, 5.74) is 2.74. The lowest BCUT2D eigenvalue weighted by molar-refractivity contribution is -0.384. The predicted molar refractivity (Wildman–Crippen MR) is 90.2 cm³/mol. The van der Waals surface area contributed by atoms with Crippen molar-refractivity contribution in [2.24, 2.45) is 5.18 Å². The molecule has 4 rings (SSSR count). The van der Waals surface area contributed by atoms with E-state index in [9.17, 15) is 19.8 Å². The molecule has 0 spiro atoms. The van der Waals surface area contributed by atoms with Crippen LogP contribution in [0.15, 0.2) is 47.6 Å². The van der Waals surface area contributed by atoms with E-state index in [1.807, 2.05) is 11.0 Å². The van der Waals surface area contributed by atoms with Crippen LogP contribution < -0.4 is 10.2 Å². The summed E-state index contributed by atoms with van der Waals surface area (Å²) < 4.78 is 0. The molecule has 25 heavy (non-hydrogen) atoms. The SMILES string of the molecule is O=NC1CCN2c3c(cccc31)C(=O)NC2c1ccc([N+](=O)[O-])cc1. The van der Waals surface area contributed by atoms with Crippen LogP contribution in [0.1, 0.15) is 40.1 Å². The number of rotatable bonds is 3. The standard InChI is InChI=1S/C17H14N4O4/c22-17-13-3-1-2-12-14(19-23)8-9-20(15(12)13)16(18-17)10-4-6-11(7-5-10)21(24)25/h1-7,14,16H,8-9H2,(H,18,22). The van der Waals surface area contributed by atoms with Gasteiger partial charge in [0, 0.05) is 24.2 Å². The van der Waals surface area contributed by atoms with E-state index in [0.717, 1.165) is 16.8 Å². The monoisotopic (exact) mass is 338 g/mol. The molecule has 0 saturated carbocycles. The number of non-ortho nitro benzene ring substituents is 1. The molecule has 0 aromatic heterocycles. The molecule has 126 valence electrons. The third kappa shape index (κ3) is 2.34. The summed E-state index contributed by atoms with van der Waals surface area (Å²) in [6, 6.07) is 11.0. The molecule has 0 fully saturated rings. The molecule has 1 N–H and O–H groups in total. The maximum Gasteiger partial charge on any atom is 0.269 e. The van der Waals surface area contributed by atoms with Gasteiger partial charge in [-0.15, -0.1) is 0 Å². The molecule has 0 radical (unpaired) electrons. The van der Waals surface area contributed by atoms with Gasteiger partial charge in [-0.25, -0.2) is 0 Å². The zero-order chi connectivity index (χ0) is 17.6. The van der Waals surface area contributed by atoms with Gasteiger partial charge in [0.1, 0.15) is 12.2 Å². The Morgan fingerprint density at radius 2 is 1.96 bits per heavy atom. The number of para-hydroxylation sites is 1. The molecule has 8 nitrogen and oxygen atoms in total. The van der Waals surface area contributed by atoms with Crippen LogP contribution in [0.2, 0.25) is 0 Å². The first-order valence-electron chi connectivity index (χ1n) is 7.87. The Morgan fingerprint density at radius 3 is 2.64 bits per heavy atom. The molecule has 2 aromatic rings. The minimum absolute atomic E-state index is 0.00385. The van der Waals surface area contributed by atoms with E-state index < -0.39 is 17.1 Å². The maximum absolute atomic E-state index is 12.5. The van der Waals surface area contributed by atoms with Crippen molar-refractivity contribution >= 4 is 17.3 Å². The Bertz CT molecular complexity index is 881. The van der Waals surface area contributed by atoms with Crippen molar-refractivity contribution in [1.82, 2.24) is 5.32 Å². The Labute approximate surface area is 142 Å². The second kappa shape index (κ2) is 5.66. The summed E-state index contributed by atoms with van der Waals surface area (Å²) in [7, 11) is 0. The smallest absolute Gasteiger partial charge is 0.269 e. The minimum atomic E-state index is -0.463. The zero-order valence-corrected chi connectivity index (χ0v) is 13.1. The lowest BCUT2D eigenvalue weighted by atomic mass is 9.90. The average Bonchev–Trinajstić information content (AvgIpc) is 2.64. The Kier molecular flexibility index (Phi) is 3.45. The number of nitro groups is 1. The molecule has 0 aliphatic carbocycles. The predicted octanol–water partition coefficient (Wildman–Crippen LogP) is 3.05. The first-order chi connectivity index (χ1) is 12.1. The number of nitrogens with zero attached hydrogens (tertiary/aromatic N) is 3. The highest BCUT2D eigenvalue weighted by molar-refractivity contribution is 6.03. The molecule has 8 heteroatoms. The molecule has 2 aromatic carbocycles. The van der Waals surface area contributed by atoms with E-state index in [1.165, 1.54) is 12.1 Å². The fourth-order valence-corrected chi connectivity index (χ4v) is 3.55. The van der Waals surface area contributed by atoms with E-state index in [0.29, 0.717) is 18.5 Å². The summed E-state index contributed by atoms with van der Waals surface area (Å²) >= 11 is 0. The topological polar surface area (TPSA) is 105 Å². The summed E-state index contributed by atoms with van der Waals surface area (Å²) in [5.74, 6) is -0.233. The van der Waals surface area contributed by atoms with Crippen LogP contribution >= 0.6 is 0 Å². The van der Waals surface area contributed by atoms with E-state index >= 15 is 0 Å². The lowest BCUT2D eigenvalue weighted by Gasteiger charge is -2.43. The van der Waals surface area contributed by atoms with E-state index in [2.05, 4.69) is 10.5 Å². The van der Waals surface area contributed by atoms with E-state index in [1.54, 1.807) is 24.3 Å². The van der Waals surface area contributed by atoms with Crippen molar-refractivity contribution in [3.05, 3.63) is 74.2 Å². The van der Waals surface area contributed by atoms with Crippen molar-refractivity contribution in [2.45, 2.75) is 18.6 Å². The number of amides is 1. The van der Waals surface area contributed by atoms with Crippen LogP contribution in [0.5, 0.6) is 0 Å². The average molecular weight is 338 g/mol. The van der Waals surface area contributed by atoms with Gasteiger partial charge in [0.25, 0.3) is 11.6 Å². The molecule has 2 unspecified atom stereocenters. The molecule has 2 aliphatic rings. The fraction of sp³-hybridized carbons (Fsp3) is 0.235. The minimum Gasteiger partial charge on any atom is -0.346 e. The summed E-state index contributed by atoms with van der Waals surface area (Å²) in [6.45, 7) is 0.558. The van der Waals surface area contributed by atoms with Crippen LogP contribution in [0, 0.1) is 15.0 Å². The second-order valence-corrected chi connectivity index (χ2v) is 6.07. The number of carbonyl (C=O) groups excluding carboxylic acids is 1. The van der Waals surface area contributed by atoms with Gasteiger partial charge in [0.15, 0.2) is 0 Å². The van der Waals surface area contributed by atoms with Crippen LogP contribution in [-0.2, 0) is 0 Å². The van der Waals surface area contributed by atoms with Gasteiger partial charge in [-0.2, -0.15) is 4.91 Å². The molecule has 2 aliphatic heterocycles. The van der Waals surface area contributed by atoms with E-state index in [-0.39, 0.29) is 11.6 Å². The zero-order valence-electron chi connectivity index (χ0n) is 13.1. The largest absolute Gasteiger partial charge is 0.346 e. The van der Waals surface area contributed by atoms with Crippen molar-refractivity contribution in [3.63, 3.8) is 0 Å². The van der Waals surface area contributed by atoms with Crippen molar-refractivity contribution in [1.29, 1.82) is 0 Å². The Morgan fingerprint density at radius 1 is 1.20 bits per heavy atom. The summed E-state index contributed by atoms with van der Waals surface area (Å²) in [6.07, 6.45) is 0.119. The number of hydrogen-bond acceptors (Lipinski definition) is 6. The van der Waals surface area contributed by atoms with Crippen LogP contribution in [-0.4, -0.2) is 17.4 Å². The van der Waals surface area contributed by atoms with Crippen LogP contribution in [0.3, 0.4) is 0 Å². The lowest BCUT2D eigenvalue weighted by Crippen LogP contribution is -2.49. The third-order valence-corrected chi connectivity index (χ3v) is 4.73. The molecular weight excluding hydrogens is 324 g/mol. The van der Waals surface area contributed by atoms with Gasteiger partial charge in [0.2, 0.25) is 0 Å². The first-order valence-corrected chi connectivity index (χ1v) is 7.87. The van der Waals surface area contributed by atoms with Crippen molar-refractivity contribution in [3.8, 4) is 0 Å². The van der Waals surface area contributed by atoms with Gasteiger partial charge in [-0.3, -0.25) is 14.9 Å². The van der Waals surface area contributed by atoms with Gasteiger partial charge < -0.3 is 10.2 Å². The van der Waals surface area contributed by atoms with Gasteiger partial charge in [0.05, 0.1) is 16.2 Å². The molecular formula is C17H14N4O4. The quantitative estimate of drug-likeness (QED) is 0.526. The Hall–Kier alpha value is -3.29. The van der Waals surface area contributed by atoms with Crippen LogP contribution in [0.4, 0.5) is 11.4 Å². The van der Waals surface area contributed by atoms with Gasteiger partial charge >= 0.3 is 0 Å². The molecule has 0 bridgehead atoms. The highest BCUT2D eigenvalue weighted by atomic mass is 16.6. The number of benzene rings is 2. The molecule has 0 saturated heterocycles. The maximum atomic E-state index is 12.5. The third-order valence-electron chi connectivity index (χ3n) is 4.73. The first kappa shape index (κ1) is 15.3. The van der Waals surface area contributed by atoms with Gasteiger partial charge in [-0.1, -0.05) is 17.3 Å². The molecule has 2 heterocycles. The number of hydrogen-bond donors (Lipinski definition) is 1. The summed E-state index contributed by atoms with van der Waals surface area (Å²) in [4.78, 5) is 36.1. The number of anilines is 1. The number of nitroso groups, excluding NO2 is 1. The molecule has 1 amide bonds. The second-order valence-electron chi connectivity index (χ2n) is 6.07. The highest BCUT2D eigenvalue weighted by Crippen LogP contribution is 2.44. The number of carbonyl (C=O) groups is 1. The van der Waals surface area contributed by atoms with Gasteiger partial charge in [-0.05, 0) is 30.2 Å². The number of nitrogens with one attached hydrogen (secondary N) is 1. The Balaban J connectivity index is 1.80. The van der Waals surface area contributed by atoms with Crippen molar-refractivity contribution in [2.75, 3.05) is 11.4 Å². The normalized spacial score (nSPS) is 21.3. The fourth-order valence-electron chi connectivity index (χ4n) is 3.55. The van der Waals surface area contributed by atoms with E-state index in [4.69, 9.17) is 0 Å². The van der Waals surface area contributed by atoms with Crippen LogP contribution in [0.25, 0.3) is 0 Å². The highest BCUT2D eigenvalue weighted by Gasteiger charge is 2.38. The number of nitro benzene ring substituents is 1. The summed E-state index contributed by atoms with van der Waals surface area (Å²) in [5, 5.41) is 17.0. The molecule has 2 atom stereocenters. The van der Waals surface area contributed by atoms with Crippen molar-refractivity contribution < 1.29 is 9.72 Å².